The van der Waals surface area contributed by atoms with E-state index in [4.69, 9.17) is 14.2 Å². The van der Waals surface area contributed by atoms with Crippen molar-refractivity contribution >= 4 is 17.9 Å². The lowest BCUT2D eigenvalue weighted by Crippen LogP contribution is -2.05. The monoisotopic (exact) mass is 403 g/mol. The molecule has 0 N–H and O–H groups in total. The van der Waals surface area contributed by atoms with Crippen LogP contribution in [-0.2, 0) is 16.1 Å². The molecular formula is C24H18FNO4. The van der Waals surface area contributed by atoms with Gasteiger partial charge in [0.2, 0.25) is 5.90 Å². The first-order valence-electron chi connectivity index (χ1n) is 9.27. The van der Waals surface area contributed by atoms with Crippen molar-refractivity contribution in [3.8, 4) is 11.5 Å². The molecule has 1 heterocycles. The van der Waals surface area contributed by atoms with Gasteiger partial charge in [-0.15, -0.1) is 0 Å². The quantitative estimate of drug-likeness (QED) is 0.440. The Hall–Kier alpha value is -3.93. The Kier molecular flexibility index (Phi) is 5.57. The van der Waals surface area contributed by atoms with Crippen molar-refractivity contribution in [2.75, 3.05) is 7.11 Å². The molecule has 5 nitrogen and oxygen atoms in total. The van der Waals surface area contributed by atoms with Crippen LogP contribution in [-0.4, -0.2) is 19.0 Å². The van der Waals surface area contributed by atoms with E-state index in [2.05, 4.69) is 4.99 Å². The molecule has 0 aromatic heterocycles. The molecule has 0 atom stereocenters. The number of ether oxygens (including phenoxy) is 3. The Labute approximate surface area is 173 Å². The average molecular weight is 403 g/mol. The highest BCUT2D eigenvalue weighted by Gasteiger charge is 2.25. The minimum absolute atomic E-state index is 0.00615. The van der Waals surface area contributed by atoms with E-state index in [0.29, 0.717) is 28.2 Å². The van der Waals surface area contributed by atoms with Crippen LogP contribution < -0.4 is 9.47 Å². The molecule has 0 spiro atoms. The summed E-state index contributed by atoms with van der Waals surface area (Å²) in [6.07, 6.45) is 1.57. The highest BCUT2D eigenvalue weighted by Crippen LogP contribution is 2.34. The topological polar surface area (TPSA) is 57.1 Å². The first kappa shape index (κ1) is 19.4. The average Bonchev–Trinajstić information content (AvgIpc) is 3.14. The van der Waals surface area contributed by atoms with Gasteiger partial charge in [0.1, 0.15) is 12.4 Å². The number of carbonyl (C=O) groups is 1. The predicted octanol–water partition coefficient (Wildman–Crippen LogP) is 4.76. The normalized spacial score (nSPS) is 14.4. The fourth-order valence-corrected chi connectivity index (χ4v) is 2.99. The zero-order valence-electron chi connectivity index (χ0n) is 16.2. The molecule has 0 aliphatic carbocycles. The predicted molar refractivity (Wildman–Crippen MR) is 111 cm³/mol. The van der Waals surface area contributed by atoms with E-state index in [9.17, 15) is 9.18 Å². The Morgan fingerprint density at radius 1 is 1.00 bits per heavy atom. The number of rotatable bonds is 6. The Morgan fingerprint density at radius 3 is 2.53 bits per heavy atom. The SMILES string of the molecule is COc1cccc(/C=C2\N=C(c3ccccc3)OC2=O)c1OCc1ccccc1F. The van der Waals surface area contributed by atoms with Gasteiger partial charge in [-0.2, -0.15) is 0 Å². The minimum Gasteiger partial charge on any atom is -0.493 e. The molecule has 6 heteroatoms. The third-order valence-corrected chi connectivity index (χ3v) is 4.49. The molecule has 0 saturated carbocycles. The van der Waals surface area contributed by atoms with Gasteiger partial charge in [-0.3, -0.25) is 0 Å². The van der Waals surface area contributed by atoms with Crippen LogP contribution in [0.2, 0.25) is 0 Å². The second kappa shape index (κ2) is 8.61. The van der Waals surface area contributed by atoms with Gasteiger partial charge in [0.25, 0.3) is 0 Å². The summed E-state index contributed by atoms with van der Waals surface area (Å²) in [4.78, 5) is 16.6. The maximum absolute atomic E-state index is 14.0. The number of aliphatic imine (C=N–C) groups is 1. The molecule has 0 bridgehead atoms. The van der Waals surface area contributed by atoms with Crippen LogP contribution in [0.1, 0.15) is 16.7 Å². The van der Waals surface area contributed by atoms with Crippen LogP contribution in [0.3, 0.4) is 0 Å². The molecule has 3 aromatic carbocycles. The summed E-state index contributed by atoms with van der Waals surface area (Å²) in [6.45, 7) is 0.00615. The molecule has 0 amide bonds. The smallest absolute Gasteiger partial charge is 0.363 e. The van der Waals surface area contributed by atoms with E-state index in [1.165, 1.54) is 13.2 Å². The number of para-hydroxylation sites is 1. The molecule has 30 heavy (non-hydrogen) atoms. The molecule has 0 radical (unpaired) electrons. The number of esters is 1. The van der Waals surface area contributed by atoms with Gasteiger partial charge in [-0.25, -0.2) is 14.2 Å². The summed E-state index contributed by atoms with van der Waals surface area (Å²) in [5.74, 6) is 0.162. The largest absolute Gasteiger partial charge is 0.493 e. The third kappa shape index (κ3) is 4.07. The van der Waals surface area contributed by atoms with Gasteiger partial charge >= 0.3 is 5.97 Å². The number of carbonyl (C=O) groups excluding carboxylic acids is 1. The van der Waals surface area contributed by atoms with E-state index in [1.807, 2.05) is 30.3 Å². The van der Waals surface area contributed by atoms with E-state index in [0.717, 1.165) is 0 Å². The van der Waals surface area contributed by atoms with E-state index < -0.39 is 5.97 Å². The van der Waals surface area contributed by atoms with Crippen molar-refractivity contribution in [3.05, 3.63) is 101 Å². The lowest BCUT2D eigenvalue weighted by Gasteiger charge is -2.14. The summed E-state index contributed by atoms with van der Waals surface area (Å²) in [5, 5.41) is 0. The highest BCUT2D eigenvalue weighted by molar-refractivity contribution is 6.12. The molecule has 0 unspecified atom stereocenters. The zero-order valence-corrected chi connectivity index (χ0v) is 16.2. The van der Waals surface area contributed by atoms with Crippen molar-refractivity contribution in [2.24, 2.45) is 4.99 Å². The van der Waals surface area contributed by atoms with Crippen molar-refractivity contribution in [3.63, 3.8) is 0 Å². The molecule has 3 aromatic rings. The highest BCUT2D eigenvalue weighted by atomic mass is 19.1. The van der Waals surface area contributed by atoms with Crippen LogP contribution in [0.25, 0.3) is 6.08 Å². The molecule has 1 aliphatic rings. The Balaban J connectivity index is 1.66. The summed E-state index contributed by atoms with van der Waals surface area (Å²) in [7, 11) is 1.51. The fraction of sp³-hybridized carbons (Fsp3) is 0.0833. The van der Waals surface area contributed by atoms with E-state index in [-0.39, 0.29) is 24.0 Å². The first-order valence-corrected chi connectivity index (χ1v) is 9.27. The zero-order chi connectivity index (χ0) is 20.9. The second-order valence-corrected chi connectivity index (χ2v) is 6.46. The van der Waals surface area contributed by atoms with Gasteiger partial charge in [0.15, 0.2) is 17.2 Å². The molecular weight excluding hydrogens is 385 g/mol. The summed E-state index contributed by atoms with van der Waals surface area (Å²) >= 11 is 0. The number of cyclic esters (lactones) is 1. The fourth-order valence-electron chi connectivity index (χ4n) is 2.99. The number of halogens is 1. The maximum Gasteiger partial charge on any atom is 0.363 e. The van der Waals surface area contributed by atoms with Crippen LogP contribution in [0.5, 0.6) is 11.5 Å². The lowest BCUT2D eigenvalue weighted by atomic mass is 10.1. The number of hydrogen-bond acceptors (Lipinski definition) is 5. The van der Waals surface area contributed by atoms with Gasteiger partial charge in [-0.1, -0.05) is 48.5 Å². The molecule has 4 rings (SSSR count). The van der Waals surface area contributed by atoms with Crippen LogP contribution in [0.4, 0.5) is 4.39 Å². The van der Waals surface area contributed by atoms with Crippen molar-refractivity contribution < 1.29 is 23.4 Å². The van der Waals surface area contributed by atoms with Crippen LogP contribution in [0.15, 0.2) is 83.5 Å². The standard InChI is InChI=1S/C24H18FNO4/c1-28-21-13-7-11-17(22(21)29-15-18-10-5-6-12-19(18)25)14-20-24(27)30-23(26-20)16-8-3-2-4-9-16/h2-14H,15H2,1H3/b20-14-. The Morgan fingerprint density at radius 2 is 1.77 bits per heavy atom. The summed E-state index contributed by atoms with van der Waals surface area (Å²) in [5.41, 5.74) is 1.82. The van der Waals surface area contributed by atoms with Gasteiger partial charge in [0, 0.05) is 16.7 Å². The summed E-state index contributed by atoms with van der Waals surface area (Å²) in [6, 6.07) is 20.8. The van der Waals surface area contributed by atoms with Gasteiger partial charge in [-0.05, 0) is 30.3 Å². The molecule has 150 valence electrons. The first-order chi connectivity index (χ1) is 14.7. The lowest BCUT2D eigenvalue weighted by molar-refractivity contribution is -0.129. The van der Waals surface area contributed by atoms with E-state index in [1.54, 1.807) is 42.5 Å². The van der Waals surface area contributed by atoms with Crippen molar-refractivity contribution in [2.45, 2.75) is 6.61 Å². The van der Waals surface area contributed by atoms with Gasteiger partial charge in [0.05, 0.1) is 7.11 Å². The number of benzene rings is 3. The third-order valence-electron chi connectivity index (χ3n) is 4.49. The van der Waals surface area contributed by atoms with Crippen LogP contribution >= 0.6 is 0 Å². The molecule has 0 saturated heterocycles. The van der Waals surface area contributed by atoms with Gasteiger partial charge < -0.3 is 14.2 Å². The number of hydrogen-bond donors (Lipinski definition) is 0. The molecule has 1 aliphatic heterocycles. The Bertz CT molecular complexity index is 1140. The minimum atomic E-state index is -0.559. The van der Waals surface area contributed by atoms with Crippen molar-refractivity contribution in [1.82, 2.24) is 0 Å². The van der Waals surface area contributed by atoms with Crippen LogP contribution in [0, 0.1) is 5.82 Å². The van der Waals surface area contributed by atoms with E-state index >= 15 is 0 Å². The number of nitrogens with zero attached hydrogens (tertiary/aromatic N) is 1. The molecule has 0 fully saturated rings. The second-order valence-electron chi connectivity index (χ2n) is 6.46. The number of methoxy groups -OCH3 is 1. The van der Waals surface area contributed by atoms with Crippen molar-refractivity contribution in [1.29, 1.82) is 0 Å². The maximum atomic E-state index is 14.0. The summed E-state index contributed by atoms with van der Waals surface area (Å²) < 4.78 is 30.5.